The standard InChI is InChI=1S/C30H48N2O2/c1-12-19-25(14-3)31-28(34)27(26(15-4)23(7)30(11,16-5)17-6)32(22-33)21-18-20-24(13-2)29(8,9)10/h13,15-16,18,20-22,25,27H,2,4-5,12,14,17,19H2,1,3,6-11H3,(H,31,34)/b21-18+,24-20+,26-23+. The van der Waals surface area contributed by atoms with Crippen LogP contribution in [0.2, 0.25) is 0 Å². The Morgan fingerprint density at radius 3 is 2.06 bits per heavy atom. The van der Waals surface area contributed by atoms with Crippen LogP contribution in [0, 0.1) is 10.8 Å². The average Bonchev–Trinajstić information content (AvgIpc) is 2.80. The largest absolute Gasteiger partial charge is 0.351 e. The number of rotatable bonds is 15. The van der Waals surface area contributed by atoms with Gasteiger partial charge in [-0.05, 0) is 48.8 Å². The second-order valence-corrected chi connectivity index (χ2v) is 10.0. The van der Waals surface area contributed by atoms with E-state index in [-0.39, 0.29) is 22.8 Å². The highest BCUT2D eigenvalue weighted by Gasteiger charge is 2.32. The number of nitrogens with one attached hydrogen (secondary N) is 1. The van der Waals surface area contributed by atoms with Crippen LogP contribution in [-0.2, 0) is 9.59 Å². The van der Waals surface area contributed by atoms with Crippen LogP contribution in [0.25, 0.3) is 0 Å². The normalized spacial score (nSPS) is 16.6. The molecule has 1 N–H and O–H groups in total. The van der Waals surface area contributed by atoms with E-state index in [0.717, 1.165) is 36.8 Å². The fraction of sp³-hybridized carbons (Fsp3) is 0.533. The highest BCUT2D eigenvalue weighted by molar-refractivity contribution is 5.88. The minimum atomic E-state index is -0.835. The topological polar surface area (TPSA) is 49.4 Å². The molecule has 190 valence electrons. The molecule has 0 fully saturated rings. The van der Waals surface area contributed by atoms with Crippen molar-refractivity contribution < 1.29 is 9.59 Å². The summed E-state index contributed by atoms with van der Waals surface area (Å²) < 4.78 is 0. The molecule has 0 heterocycles. The van der Waals surface area contributed by atoms with Gasteiger partial charge in [-0.1, -0.05) is 97.9 Å². The molecule has 4 heteroatoms. The van der Waals surface area contributed by atoms with Gasteiger partial charge in [-0.15, -0.1) is 6.58 Å². The van der Waals surface area contributed by atoms with Gasteiger partial charge in [-0.25, -0.2) is 0 Å². The van der Waals surface area contributed by atoms with Crippen molar-refractivity contribution in [1.82, 2.24) is 10.2 Å². The van der Waals surface area contributed by atoms with Gasteiger partial charge in [0.1, 0.15) is 6.04 Å². The number of nitrogens with zero attached hydrogens (tertiary/aromatic N) is 1. The zero-order chi connectivity index (χ0) is 26.5. The summed E-state index contributed by atoms with van der Waals surface area (Å²) in [6.07, 6.45) is 15.0. The third-order valence-corrected chi connectivity index (χ3v) is 6.75. The summed E-state index contributed by atoms with van der Waals surface area (Å²) in [5, 5.41) is 3.16. The minimum absolute atomic E-state index is 0.0500. The van der Waals surface area contributed by atoms with Crippen LogP contribution in [-0.4, -0.2) is 29.3 Å². The van der Waals surface area contributed by atoms with Crippen LogP contribution in [0.1, 0.15) is 81.1 Å². The molecule has 0 aromatic heterocycles. The van der Waals surface area contributed by atoms with Crippen LogP contribution in [0.3, 0.4) is 0 Å². The summed E-state index contributed by atoms with van der Waals surface area (Å²) in [4.78, 5) is 27.3. The first-order valence-corrected chi connectivity index (χ1v) is 12.4. The van der Waals surface area contributed by atoms with E-state index in [9.17, 15) is 9.59 Å². The van der Waals surface area contributed by atoms with Crippen molar-refractivity contribution in [3.05, 3.63) is 73.0 Å². The summed E-state index contributed by atoms with van der Waals surface area (Å²) in [5.41, 5.74) is 2.31. The maximum atomic E-state index is 13.6. The quantitative estimate of drug-likeness (QED) is 0.156. The molecule has 3 unspecified atom stereocenters. The van der Waals surface area contributed by atoms with Crippen molar-refractivity contribution in [2.45, 2.75) is 93.2 Å². The molecule has 0 aliphatic heterocycles. The number of carbonyl (C=O) groups is 2. The molecular weight excluding hydrogens is 420 g/mol. The maximum absolute atomic E-state index is 13.6. The molecule has 0 aliphatic rings. The van der Waals surface area contributed by atoms with Gasteiger partial charge in [0.15, 0.2) is 0 Å². The molecule has 0 radical (unpaired) electrons. The van der Waals surface area contributed by atoms with Crippen molar-refractivity contribution in [2.75, 3.05) is 0 Å². The molecule has 0 bridgehead atoms. The number of carbonyl (C=O) groups excluding carboxylic acids is 2. The Morgan fingerprint density at radius 1 is 1.06 bits per heavy atom. The van der Waals surface area contributed by atoms with Crippen molar-refractivity contribution in [2.24, 2.45) is 10.8 Å². The number of amides is 2. The van der Waals surface area contributed by atoms with Crippen LogP contribution in [0.4, 0.5) is 0 Å². The van der Waals surface area contributed by atoms with E-state index in [2.05, 4.69) is 73.5 Å². The molecular formula is C30H48N2O2. The molecule has 0 rings (SSSR count). The van der Waals surface area contributed by atoms with Crippen molar-refractivity contribution in [1.29, 1.82) is 0 Å². The van der Waals surface area contributed by atoms with E-state index in [1.807, 2.05) is 25.2 Å². The van der Waals surface area contributed by atoms with E-state index < -0.39 is 6.04 Å². The monoisotopic (exact) mass is 468 g/mol. The Bertz CT molecular complexity index is 810. The predicted molar refractivity (Wildman–Crippen MR) is 147 cm³/mol. The Kier molecular flexibility index (Phi) is 13.5. The van der Waals surface area contributed by atoms with Gasteiger partial charge in [-0.2, -0.15) is 0 Å². The summed E-state index contributed by atoms with van der Waals surface area (Å²) in [7, 11) is 0. The molecule has 0 aromatic carbocycles. The maximum Gasteiger partial charge on any atom is 0.248 e. The summed E-state index contributed by atoms with van der Waals surface area (Å²) in [6, 6.07) is -0.785. The third-order valence-electron chi connectivity index (χ3n) is 6.75. The molecule has 0 saturated carbocycles. The Labute approximate surface area is 209 Å². The number of hydrogen-bond acceptors (Lipinski definition) is 2. The first kappa shape index (κ1) is 31.4. The molecule has 4 nitrogen and oxygen atoms in total. The Morgan fingerprint density at radius 2 is 1.68 bits per heavy atom. The van der Waals surface area contributed by atoms with E-state index in [4.69, 9.17) is 0 Å². The highest BCUT2D eigenvalue weighted by Crippen LogP contribution is 2.36. The lowest BCUT2D eigenvalue weighted by Gasteiger charge is -2.33. The first-order valence-electron chi connectivity index (χ1n) is 12.4. The smallest absolute Gasteiger partial charge is 0.248 e. The van der Waals surface area contributed by atoms with E-state index in [0.29, 0.717) is 12.0 Å². The molecule has 0 saturated heterocycles. The fourth-order valence-electron chi connectivity index (χ4n) is 3.86. The molecule has 0 aliphatic carbocycles. The van der Waals surface area contributed by atoms with Crippen molar-refractivity contribution >= 4 is 12.3 Å². The lowest BCUT2D eigenvalue weighted by molar-refractivity contribution is -0.130. The zero-order valence-corrected chi connectivity index (χ0v) is 22.9. The Hall–Kier alpha value is -2.62. The van der Waals surface area contributed by atoms with Gasteiger partial charge < -0.3 is 10.2 Å². The van der Waals surface area contributed by atoms with Gasteiger partial charge in [0, 0.05) is 17.7 Å². The SMILES string of the molecule is C=C/C(=C\C=C\N(C=O)C(C(=O)NC(CC)CCC)/C(C=C)=C(\C)C(C)(C=C)CC)C(C)(C)C. The van der Waals surface area contributed by atoms with E-state index in [1.165, 1.54) is 4.90 Å². The van der Waals surface area contributed by atoms with Crippen LogP contribution >= 0.6 is 0 Å². The lowest BCUT2D eigenvalue weighted by atomic mass is 9.76. The average molecular weight is 469 g/mol. The molecule has 0 spiro atoms. The predicted octanol–water partition coefficient (Wildman–Crippen LogP) is 7.29. The van der Waals surface area contributed by atoms with Crippen molar-refractivity contribution in [3.63, 3.8) is 0 Å². The van der Waals surface area contributed by atoms with Gasteiger partial charge in [0.25, 0.3) is 0 Å². The first-order chi connectivity index (χ1) is 15.9. The number of allylic oxidation sites excluding steroid dienone is 6. The van der Waals surface area contributed by atoms with Crippen LogP contribution in [0.5, 0.6) is 0 Å². The lowest BCUT2D eigenvalue weighted by Crippen LogP contribution is -2.49. The minimum Gasteiger partial charge on any atom is -0.351 e. The van der Waals surface area contributed by atoms with Crippen LogP contribution < -0.4 is 5.32 Å². The Balaban J connectivity index is 6.70. The van der Waals surface area contributed by atoms with Gasteiger partial charge in [0.05, 0.1) is 0 Å². The number of hydrogen-bond donors (Lipinski definition) is 1. The van der Waals surface area contributed by atoms with Gasteiger partial charge in [0.2, 0.25) is 12.3 Å². The summed E-state index contributed by atoms with van der Waals surface area (Å²) in [5.74, 6) is -0.211. The molecule has 3 atom stereocenters. The summed E-state index contributed by atoms with van der Waals surface area (Å²) in [6.45, 7) is 28.5. The second kappa shape index (κ2) is 14.6. The van der Waals surface area contributed by atoms with Crippen LogP contribution in [0.15, 0.2) is 73.0 Å². The van der Waals surface area contributed by atoms with Gasteiger partial charge >= 0.3 is 0 Å². The van der Waals surface area contributed by atoms with Gasteiger partial charge in [-0.3, -0.25) is 9.59 Å². The third kappa shape index (κ3) is 8.62. The molecule has 2 amide bonds. The molecule has 34 heavy (non-hydrogen) atoms. The van der Waals surface area contributed by atoms with E-state index >= 15 is 0 Å². The molecule has 0 aromatic rings. The highest BCUT2D eigenvalue weighted by atomic mass is 16.2. The van der Waals surface area contributed by atoms with Crippen molar-refractivity contribution in [3.8, 4) is 0 Å². The second-order valence-electron chi connectivity index (χ2n) is 10.0. The van der Waals surface area contributed by atoms with E-state index in [1.54, 1.807) is 18.4 Å². The summed E-state index contributed by atoms with van der Waals surface area (Å²) >= 11 is 0. The zero-order valence-electron chi connectivity index (χ0n) is 22.9. The fourth-order valence-corrected chi connectivity index (χ4v) is 3.86.